The van der Waals surface area contributed by atoms with E-state index in [-0.39, 0.29) is 12.6 Å². The molecule has 0 aromatic heterocycles. The van der Waals surface area contributed by atoms with Gasteiger partial charge in [0.2, 0.25) is 0 Å². The van der Waals surface area contributed by atoms with E-state index in [0.29, 0.717) is 39.1 Å². The molecule has 1 aliphatic heterocycles. The average molecular weight is 284 g/mol. The number of urea groups is 1. The van der Waals surface area contributed by atoms with Crippen LogP contribution in [-0.2, 0) is 9.53 Å². The van der Waals surface area contributed by atoms with Crippen molar-refractivity contribution in [1.82, 2.24) is 10.2 Å². The van der Waals surface area contributed by atoms with Gasteiger partial charge in [0.1, 0.15) is 0 Å². The maximum atomic E-state index is 12.0. The van der Waals surface area contributed by atoms with Crippen LogP contribution in [-0.4, -0.2) is 54.9 Å². The van der Waals surface area contributed by atoms with E-state index in [2.05, 4.69) is 11.9 Å². The molecule has 2 N–H and O–H groups in total. The molecular weight excluding hydrogens is 260 g/mol. The second kappa shape index (κ2) is 7.28. The Labute approximate surface area is 119 Å². The second-order valence-corrected chi connectivity index (χ2v) is 5.63. The topological polar surface area (TPSA) is 78.9 Å². The first kappa shape index (κ1) is 16.5. The van der Waals surface area contributed by atoms with Gasteiger partial charge >= 0.3 is 12.0 Å². The summed E-state index contributed by atoms with van der Waals surface area (Å²) in [7, 11) is 0. The second-order valence-electron chi connectivity index (χ2n) is 5.63. The number of carboxylic acids is 1. The fraction of sp³-hybridized carbons (Fsp3) is 0.714. The molecule has 6 heteroatoms. The molecule has 1 aliphatic rings. The fourth-order valence-electron chi connectivity index (χ4n) is 2.18. The summed E-state index contributed by atoms with van der Waals surface area (Å²) in [5.41, 5.74) is 0.0936. The molecule has 1 saturated heterocycles. The predicted molar refractivity (Wildman–Crippen MR) is 75.6 cm³/mol. The molecule has 0 spiro atoms. The standard InChI is InChI=1S/C14H24N2O4/c1-11(2)9-20-8-6-15-13(19)16-7-4-5-14(3,10-16)12(17)18/h1,4-10H2,2-3H3,(H,15,19)(H,17,18). The van der Waals surface area contributed by atoms with Gasteiger partial charge in [0, 0.05) is 19.6 Å². The van der Waals surface area contributed by atoms with Crippen LogP contribution in [0.1, 0.15) is 26.7 Å². The number of ether oxygens (including phenoxy) is 1. The lowest BCUT2D eigenvalue weighted by molar-refractivity contribution is -0.150. The first-order valence-corrected chi connectivity index (χ1v) is 6.83. The summed E-state index contributed by atoms with van der Waals surface area (Å²) in [6.45, 7) is 9.44. The monoisotopic (exact) mass is 284 g/mol. The van der Waals surface area contributed by atoms with Crippen LogP contribution in [0.2, 0.25) is 0 Å². The molecule has 1 atom stereocenters. The van der Waals surface area contributed by atoms with Crippen LogP contribution in [0.15, 0.2) is 12.2 Å². The van der Waals surface area contributed by atoms with Crippen LogP contribution in [0.25, 0.3) is 0 Å². The Kier molecular flexibility index (Phi) is 6.01. The van der Waals surface area contributed by atoms with Gasteiger partial charge in [0.25, 0.3) is 0 Å². The molecule has 114 valence electrons. The maximum Gasteiger partial charge on any atom is 0.317 e. The first-order chi connectivity index (χ1) is 9.35. The minimum atomic E-state index is -0.847. The van der Waals surface area contributed by atoms with Crippen molar-refractivity contribution in [3.05, 3.63) is 12.2 Å². The summed E-state index contributed by atoms with van der Waals surface area (Å²) in [6, 6.07) is -0.226. The molecule has 1 rings (SSSR count). The largest absolute Gasteiger partial charge is 0.481 e. The number of carbonyl (C=O) groups is 2. The van der Waals surface area contributed by atoms with E-state index in [1.807, 2.05) is 6.92 Å². The van der Waals surface area contributed by atoms with Crippen LogP contribution >= 0.6 is 0 Å². The molecule has 0 aromatic carbocycles. The minimum absolute atomic E-state index is 0.226. The Bertz CT molecular complexity index is 383. The van der Waals surface area contributed by atoms with Crippen LogP contribution < -0.4 is 5.32 Å². The highest BCUT2D eigenvalue weighted by Gasteiger charge is 2.39. The van der Waals surface area contributed by atoms with Crippen LogP contribution in [0, 0.1) is 5.41 Å². The number of hydrogen-bond acceptors (Lipinski definition) is 3. The number of aliphatic carboxylic acids is 1. The molecule has 2 amide bonds. The highest BCUT2D eigenvalue weighted by atomic mass is 16.5. The van der Waals surface area contributed by atoms with Crippen molar-refractivity contribution >= 4 is 12.0 Å². The van der Waals surface area contributed by atoms with Crippen LogP contribution in [0.4, 0.5) is 4.79 Å². The van der Waals surface area contributed by atoms with Crippen molar-refractivity contribution in [2.75, 3.05) is 32.8 Å². The van der Waals surface area contributed by atoms with E-state index < -0.39 is 11.4 Å². The highest BCUT2D eigenvalue weighted by molar-refractivity contribution is 5.78. The van der Waals surface area contributed by atoms with Crippen molar-refractivity contribution in [2.45, 2.75) is 26.7 Å². The predicted octanol–water partition coefficient (Wildman–Crippen LogP) is 1.48. The normalized spacial score (nSPS) is 22.4. The van der Waals surface area contributed by atoms with E-state index in [0.717, 1.165) is 5.57 Å². The third kappa shape index (κ3) is 4.85. The number of hydrogen-bond donors (Lipinski definition) is 2. The number of carbonyl (C=O) groups excluding carboxylic acids is 1. The van der Waals surface area contributed by atoms with Gasteiger partial charge in [-0.1, -0.05) is 12.2 Å². The summed E-state index contributed by atoms with van der Waals surface area (Å²) in [5, 5.41) is 12.0. The highest BCUT2D eigenvalue weighted by Crippen LogP contribution is 2.29. The Morgan fingerprint density at radius 3 is 2.80 bits per heavy atom. The quantitative estimate of drug-likeness (QED) is 0.572. The molecular formula is C14H24N2O4. The molecule has 1 heterocycles. The van der Waals surface area contributed by atoms with Gasteiger partial charge in [0.15, 0.2) is 0 Å². The summed E-state index contributed by atoms with van der Waals surface area (Å²) < 4.78 is 5.29. The van der Waals surface area contributed by atoms with Gasteiger partial charge in [-0.05, 0) is 26.7 Å². The first-order valence-electron chi connectivity index (χ1n) is 6.83. The van der Waals surface area contributed by atoms with E-state index in [9.17, 15) is 14.7 Å². The van der Waals surface area contributed by atoms with Gasteiger partial charge in [-0.2, -0.15) is 0 Å². The zero-order chi connectivity index (χ0) is 15.2. The van der Waals surface area contributed by atoms with E-state index >= 15 is 0 Å². The third-order valence-electron chi connectivity index (χ3n) is 3.37. The zero-order valence-electron chi connectivity index (χ0n) is 12.3. The van der Waals surface area contributed by atoms with Crippen LogP contribution in [0.3, 0.4) is 0 Å². The lowest BCUT2D eigenvalue weighted by atomic mass is 9.82. The van der Waals surface area contributed by atoms with E-state index in [1.165, 1.54) is 0 Å². The van der Waals surface area contributed by atoms with Crippen molar-refractivity contribution in [2.24, 2.45) is 5.41 Å². The zero-order valence-corrected chi connectivity index (χ0v) is 12.3. The number of likely N-dealkylation sites (tertiary alicyclic amines) is 1. The fourth-order valence-corrected chi connectivity index (χ4v) is 2.18. The van der Waals surface area contributed by atoms with Crippen LogP contribution in [0.5, 0.6) is 0 Å². The lowest BCUT2D eigenvalue weighted by Gasteiger charge is -2.37. The smallest absolute Gasteiger partial charge is 0.317 e. The minimum Gasteiger partial charge on any atom is -0.481 e. The number of rotatable bonds is 6. The van der Waals surface area contributed by atoms with Gasteiger partial charge in [-0.15, -0.1) is 0 Å². The Balaban J connectivity index is 2.32. The molecule has 0 saturated carbocycles. The number of nitrogens with one attached hydrogen (secondary N) is 1. The van der Waals surface area contributed by atoms with E-state index in [1.54, 1.807) is 11.8 Å². The molecule has 0 aromatic rings. The number of piperidine rings is 1. The molecule has 1 fully saturated rings. The lowest BCUT2D eigenvalue weighted by Crippen LogP contribution is -2.51. The molecule has 6 nitrogen and oxygen atoms in total. The molecule has 0 aliphatic carbocycles. The average Bonchev–Trinajstić information content (AvgIpc) is 2.37. The molecule has 0 bridgehead atoms. The SMILES string of the molecule is C=C(C)COCCNC(=O)N1CCCC(C)(C(=O)O)C1. The summed E-state index contributed by atoms with van der Waals surface area (Å²) in [5.74, 6) is -0.847. The number of nitrogens with zero attached hydrogens (tertiary/aromatic N) is 1. The third-order valence-corrected chi connectivity index (χ3v) is 3.37. The molecule has 20 heavy (non-hydrogen) atoms. The summed E-state index contributed by atoms with van der Waals surface area (Å²) >= 11 is 0. The van der Waals surface area contributed by atoms with Crippen molar-refractivity contribution in [3.63, 3.8) is 0 Å². The number of carboxylic acid groups (broad SMARTS) is 1. The molecule has 1 unspecified atom stereocenters. The Hall–Kier alpha value is -1.56. The van der Waals surface area contributed by atoms with Gasteiger partial charge in [-0.3, -0.25) is 4.79 Å². The van der Waals surface area contributed by atoms with Crippen molar-refractivity contribution in [1.29, 1.82) is 0 Å². The van der Waals surface area contributed by atoms with Gasteiger partial charge in [-0.25, -0.2) is 4.79 Å². The van der Waals surface area contributed by atoms with Gasteiger partial charge < -0.3 is 20.1 Å². The van der Waals surface area contributed by atoms with Gasteiger partial charge in [0.05, 0.1) is 18.6 Å². The number of amides is 2. The van der Waals surface area contributed by atoms with Crippen molar-refractivity contribution in [3.8, 4) is 0 Å². The maximum absolute atomic E-state index is 12.0. The van der Waals surface area contributed by atoms with E-state index in [4.69, 9.17) is 4.74 Å². The summed E-state index contributed by atoms with van der Waals surface area (Å²) in [4.78, 5) is 24.7. The molecule has 0 radical (unpaired) electrons. The summed E-state index contributed by atoms with van der Waals surface area (Å²) in [6.07, 6.45) is 1.32. The Morgan fingerprint density at radius 2 is 2.20 bits per heavy atom. The Morgan fingerprint density at radius 1 is 1.50 bits per heavy atom. The van der Waals surface area contributed by atoms with Crippen molar-refractivity contribution < 1.29 is 19.4 Å².